The lowest BCUT2D eigenvalue weighted by Crippen LogP contribution is -2.55. The van der Waals surface area contributed by atoms with Gasteiger partial charge in [-0.3, -0.25) is 4.79 Å². The fourth-order valence-corrected chi connectivity index (χ4v) is 2.54. The molecule has 1 amide bonds. The molecule has 0 aromatic heterocycles. The van der Waals surface area contributed by atoms with Crippen molar-refractivity contribution >= 4 is 18.3 Å². The van der Waals surface area contributed by atoms with Gasteiger partial charge in [-0.15, -0.1) is 12.4 Å². The molecule has 1 aliphatic rings. The zero-order valence-electron chi connectivity index (χ0n) is 14.2. The van der Waals surface area contributed by atoms with Crippen LogP contribution in [0.2, 0.25) is 0 Å². The predicted molar refractivity (Wildman–Crippen MR) is 93.2 cm³/mol. The van der Waals surface area contributed by atoms with E-state index >= 15 is 0 Å². The van der Waals surface area contributed by atoms with Crippen molar-refractivity contribution in [2.24, 2.45) is 0 Å². The van der Waals surface area contributed by atoms with E-state index in [2.05, 4.69) is 10.6 Å². The van der Waals surface area contributed by atoms with E-state index in [0.29, 0.717) is 13.2 Å². The number of morpholine rings is 1. The van der Waals surface area contributed by atoms with Gasteiger partial charge in [-0.05, 0) is 45.4 Å². The molecule has 5 nitrogen and oxygen atoms in total. The quantitative estimate of drug-likeness (QED) is 0.863. The van der Waals surface area contributed by atoms with Crippen molar-refractivity contribution in [1.29, 1.82) is 0 Å². The van der Waals surface area contributed by atoms with Crippen molar-refractivity contribution in [3.8, 4) is 5.75 Å². The van der Waals surface area contributed by atoms with Crippen LogP contribution in [0.1, 0.15) is 39.3 Å². The lowest BCUT2D eigenvalue weighted by atomic mass is 10.1. The first-order valence-electron chi connectivity index (χ1n) is 7.89. The van der Waals surface area contributed by atoms with Gasteiger partial charge in [0.2, 0.25) is 5.91 Å². The van der Waals surface area contributed by atoms with Crippen molar-refractivity contribution < 1.29 is 14.3 Å². The van der Waals surface area contributed by atoms with Gasteiger partial charge < -0.3 is 20.1 Å². The Morgan fingerprint density at radius 3 is 2.78 bits per heavy atom. The molecule has 130 valence electrons. The number of hydrogen-bond acceptors (Lipinski definition) is 4. The van der Waals surface area contributed by atoms with Crippen LogP contribution in [0.4, 0.5) is 0 Å². The molecule has 2 rings (SSSR count). The van der Waals surface area contributed by atoms with E-state index in [1.165, 1.54) is 0 Å². The van der Waals surface area contributed by atoms with E-state index in [-0.39, 0.29) is 42.6 Å². The summed E-state index contributed by atoms with van der Waals surface area (Å²) in [5.74, 6) is 0.788. The molecule has 0 spiro atoms. The Labute approximate surface area is 144 Å². The van der Waals surface area contributed by atoms with Crippen molar-refractivity contribution in [2.75, 3.05) is 13.2 Å². The summed E-state index contributed by atoms with van der Waals surface area (Å²) in [5.41, 5.74) is 1.02. The minimum Gasteiger partial charge on any atom is -0.491 e. The molecule has 1 aromatic carbocycles. The first-order chi connectivity index (χ1) is 10.5. The smallest absolute Gasteiger partial charge is 0.240 e. The van der Waals surface area contributed by atoms with E-state index in [1.807, 2.05) is 52.0 Å². The largest absolute Gasteiger partial charge is 0.491 e. The number of rotatable bonds is 5. The molecular weight excluding hydrogens is 316 g/mol. The van der Waals surface area contributed by atoms with E-state index in [1.54, 1.807) is 0 Å². The number of benzene rings is 1. The Hall–Kier alpha value is -1.30. The molecule has 1 fully saturated rings. The minimum absolute atomic E-state index is 0. The molecule has 3 atom stereocenters. The molecule has 1 aromatic rings. The molecule has 0 saturated carbocycles. The molecule has 1 unspecified atom stereocenters. The molecule has 0 bridgehead atoms. The number of nitrogens with one attached hydrogen (secondary N) is 2. The van der Waals surface area contributed by atoms with Crippen LogP contribution in [0.15, 0.2) is 24.3 Å². The number of carbonyl (C=O) groups excluding carboxylic acids is 1. The maximum absolute atomic E-state index is 12.4. The Morgan fingerprint density at radius 1 is 1.39 bits per heavy atom. The lowest BCUT2D eigenvalue weighted by Gasteiger charge is -2.30. The van der Waals surface area contributed by atoms with Crippen LogP contribution in [0.25, 0.3) is 0 Å². The van der Waals surface area contributed by atoms with Crippen LogP contribution in [-0.2, 0) is 9.53 Å². The summed E-state index contributed by atoms with van der Waals surface area (Å²) in [6.07, 6.45) is 0.0149. The van der Waals surface area contributed by atoms with Crippen LogP contribution in [0.3, 0.4) is 0 Å². The minimum atomic E-state index is -0.300. The summed E-state index contributed by atoms with van der Waals surface area (Å²) in [6, 6.07) is 7.45. The summed E-state index contributed by atoms with van der Waals surface area (Å²) in [4.78, 5) is 12.4. The van der Waals surface area contributed by atoms with Gasteiger partial charge in [0, 0.05) is 6.54 Å². The summed E-state index contributed by atoms with van der Waals surface area (Å²) >= 11 is 0. The first-order valence-corrected chi connectivity index (χ1v) is 7.89. The van der Waals surface area contributed by atoms with Gasteiger partial charge in [-0.2, -0.15) is 0 Å². The number of ether oxygens (including phenoxy) is 2. The lowest BCUT2D eigenvalue weighted by molar-refractivity contribution is -0.129. The van der Waals surface area contributed by atoms with E-state index in [0.717, 1.165) is 11.3 Å². The van der Waals surface area contributed by atoms with E-state index in [4.69, 9.17) is 9.47 Å². The van der Waals surface area contributed by atoms with Gasteiger partial charge in [-0.25, -0.2) is 0 Å². The third kappa shape index (κ3) is 5.68. The fraction of sp³-hybridized carbons (Fsp3) is 0.588. The Balaban J connectivity index is 0.00000264. The third-order valence-electron chi connectivity index (χ3n) is 3.69. The van der Waals surface area contributed by atoms with E-state index < -0.39 is 0 Å². The van der Waals surface area contributed by atoms with Crippen LogP contribution >= 0.6 is 12.4 Å². The molecule has 23 heavy (non-hydrogen) atoms. The molecule has 1 aliphatic heterocycles. The Kier molecular flexibility index (Phi) is 7.82. The van der Waals surface area contributed by atoms with Crippen LogP contribution in [0.5, 0.6) is 5.75 Å². The van der Waals surface area contributed by atoms with Crippen LogP contribution < -0.4 is 15.4 Å². The zero-order chi connectivity index (χ0) is 16.1. The van der Waals surface area contributed by atoms with Crippen LogP contribution in [-0.4, -0.2) is 37.3 Å². The van der Waals surface area contributed by atoms with Gasteiger partial charge in [-0.1, -0.05) is 12.1 Å². The second-order valence-electron chi connectivity index (χ2n) is 5.98. The standard InChI is InChI=1S/C17H26N2O3.ClH/c1-11(2)22-15-7-5-6-14(10-15)12(3)19-17(20)16-13(4)21-9-8-18-16;/h5-7,10-13,16,18H,8-9H2,1-4H3,(H,19,20);1H/t12?,13-,16+;/m1./s1. The average Bonchev–Trinajstić information content (AvgIpc) is 2.47. The number of carbonyl (C=O) groups is 1. The van der Waals surface area contributed by atoms with Gasteiger partial charge >= 0.3 is 0 Å². The molecule has 6 heteroatoms. The topological polar surface area (TPSA) is 59.6 Å². The first kappa shape index (κ1) is 19.7. The second-order valence-corrected chi connectivity index (χ2v) is 5.98. The van der Waals surface area contributed by atoms with Crippen molar-refractivity contribution in [3.05, 3.63) is 29.8 Å². The zero-order valence-corrected chi connectivity index (χ0v) is 15.0. The highest BCUT2D eigenvalue weighted by Gasteiger charge is 2.29. The molecule has 0 aliphatic carbocycles. The molecular formula is C17H27ClN2O3. The maximum atomic E-state index is 12.4. The SMILES string of the molecule is CC(C)Oc1cccc(C(C)NC(=O)[C@H]2NCCO[C@@H]2C)c1.Cl. The maximum Gasteiger partial charge on any atom is 0.240 e. The molecule has 0 radical (unpaired) electrons. The molecule has 1 heterocycles. The van der Waals surface area contributed by atoms with Crippen molar-refractivity contribution in [2.45, 2.75) is 52.0 Å². The molecule has 1 saturated heterocycles. The fourth-order valence-electron chi connectivity index (χ4n) is 2.54. The van der Waals surface area contributed by atoms with Gasteiger partial charge in [0.1, 0.15) is 11.8 Å². The Bertz CT molecular complexity index is 510. The van der Waals surface area contributed by atoms with Crippen molar-refractivity contribution in [3.63, 3.8) is 0 Å². The number of amides is 1. The number of halogens is 1. The van der Waals surface area contributed by atoms with Gasteiger partial charge in [0.15, 0.2) is 0 Å². The third-order valence-corrected chi connectivity index (χ3v) is 3.69. The highest BCUT2D eigenvalue weighted by molar-refractivity contribution is 5.85. The number of hydrogen-bond donors (Lipinski definition) is 2. The summed E-state index contributed by atoms with van der Waals surface area (Å²) in [6.45, 7) is 9.23. The van der Waals surface area contributed by atoms with Crippen molar-refractivity contribution in [1.82, 2.24) is 10.6 Å². The molecule has 2 N–H and O–H groups in total. The Morgan fingerprint density at radius 2 is 2.13 bits per heavy atom. The summed E-state index contributed by atoms with van der Waals surface area (Å²) < 4.78 is 11.2. The second kappa shape index (κ2) is 9.11. The summed E-state index contributed by atoms with van der Waals surface area (Å²) in [7, 11) is 0. The van der Waals surface area contributed by atoms with Gasteiger partial charge in [0.25, 0.3) is 0 Å². The predicted octanol–water partition coefficient (Wildman–Crippen LogP) is 2.45. The average molecular weight is 343 g/mol. The highest BCUT2D eigenvalue weighted by Crippen LogP contribution is 2.20. The monoisotopic (exact) mass is 342 g/mol. The normalized spacial score (nSPS) is 22.1. The summed E-state index contributed by atoms with van der Waals surface area (Å²) in [5, 5.41) is 6.24. The van der Waals surface area contributed by atoms with E-state index in [9.17, 15) is 4.79 Å². The van der Waals surface area contributed by atoms with Gasteiger partial charge in [0.05, 0.1) is 24.9 Å². The van der Waals surface area contributed by atoms with Crippen LogP contribution in [0, 0.1) is 0 Å². The highest BCUT2D eigenvalue weighted by atomic mass is 35.5.